The Morgan fingerprint density at radius 2 is 2.40 bits per heavy atom. The monoisotopic (exact) mass is 290 g/mol. The highest BCUT2D eigenvalue weighted by molar-refractivity contribution is 7.09. The van der Waals surface area contributed by atoms with Crippen LogP contribution < -0.4 is 5.73 Å². The minimum atomic E-state index is 0.194. The molecule has 1 aromatic rings. The van der Waals surface area contributed by atoms with E-state index >= 15 is 0 Å². The van der Waals surface area contributed by atoms with Crippen molar-refractivity contribution in [1.29, 1.82) is 0 Å². The number of nitrogens with two attached hydrogens (primary N) is 1. The van der Waals surface area contributed by atoms with Gasteiger partial charge in [-0.1, -0.05) is 6.07 Å². The van der Waals surface area contributed by atoms with Crippen molar-refractivity contribution in [2.24, 2.45) is 10.7 Å². The van der Waals surface area contributed by atoms with Crippen molar-refractivity contribution in [2.75, 3.05) is 19.6 Å². The third-order valence-corrected chi connectivity index (χ3v) is 6.12. The van der Waals surface area contributed by atoms with E-state index in [-0.39, 0.29) is 5.54 Å². The average molecular weight is 290 g/mol. The van der Waals surface area contributed by atoms with E-state index < -0.39 is 0 Å². The topological polar surface area (TPSA) is 44.9 Å². The summed E-state index contributed by atoms with van der Waals surface area (Å²) < 4.78 is 0. The SMILES string of the molecule is NC1=NCC2(CCN3CCCC3C2)N1Cc1cccs1. The molecule has 2 N–H and O–H groups in total. The van der Waals surface area contributed by atoms with Gasteiger partial charge in [0.15, 0.2) is 5.96 Å². The third kappa shape index (κ3) is 1.95. The first-order valence-corrected chi connectivity index (χ1v) is 8.49. The average Bonchev–Trinajstić information content (AvgIpc) is 3.16. The smallest absolute Gasteiger partial charge is 0.192 e. The molecule has 0 radical (unpaired) electrons. The van der Waals surface area contributed by atoms with Gasteiger partial charge in [0.05, 0.1) is 18.6 Å². The van der Waals surface area contributed by atoms with Crippen molar-refractivity contribution in [3.8, 4) is 0 Å². The van der Waals surface area contributed by atoms with Gasteiger partial charge in [-0.05, 0) is 43.7 Å². The maximum atomic E-state index is 6.21. The van der Waals surface area contributed by atoms with Crippen molar-refractivity contribution in [3.05, 3.63) is 22.4 Å². The molecule has 0 bridgehead atoms. The number of thiophene rings is 1. The number of rotatable bonds is 2. The van der Waals surface area contributed by atoms with Crippen LogP contribution in [0.2, 0.25) is 0 Å². The Kier molecular flexibility index (Phi) is 3.00. The molecule has 0 saturated carbocycles. The maximum Gasteiger partial charge on any atom is 0.192 e. The van der Waals surface area contributed by atoms with Gasteiger partial charge in [0.2, 0.25) is 0 Å². The largest absolute Gasteiger partial charge is 0.370 e. The van der Waals surface area contributed by atoms with Crippen molar-refractivity contribution in [1.82, 2.24) is 9.80 Å². The summed E-state index contributed by atoms with van der Waals surface area (Å²) in [5.41, 5.74) is 6.40. The molecule has 3 aliphatic rings. The second kappa shape index (κ2) is 4.74. The van der Waals surface area contributed by atoms with Crippen LogP contribution >= 0.6 is 11.3 Å². The molecular formula is C15H22N4S. The van der Waals surface area contributed by atoms with Crippen LogP contribution in [0.4, 0.5) is 0 Å². The predicted molar refractivity (Wildman–Crippen MR) is 82.9 cm³/mol. The zero-order valence-corrected chi connectivity index (χ0v) is 12.6. The quantitative estimate of drug-likeness (QED) is 0.904. The number of guanidine groups is 1. The summed E-state index contributed by atoms with van der Waals surface area (Å²) in [5.74, 6) is 0.754. The molecule has 108 valence electrons. The molecule has 1 aromatic heterocycles. The van der Waals surface area contributed by atoms with Crippen LogP contribution in [0.15, 0.2) is 22.5 Å². The van der Waals surface area contributed by atoms with E-state index in [4.69, 9.17) is 5.73 Å². The van der Waals surface area contributed by atoms with E-state index in [1.165, 1.54) is 43.6 Å². The Balaban J connectivity index is 1.57. The lowest BCUT2D eigenvalue weighted by Crippen LogP contribution is -2.58. The predicted octanol–water partition coefficient (Wildman–Crippen LogP) is 1.88. The van der Waals surface area contributed by atoms with Gasteiger partial charge in [-0.2, -0.15) is 0 Å². The van der Waals surface area contributed by atoms with Gasteiger partial charge in [-0.15, -0.1) is 11.3 Å². The molecule has 0 amide bonds. The summed E-state index contributed by atoms with van der Waals surface area (Å²) in [6.07, 6.45) is 5.16. The number of hydrogen-bond acceptors (Lipinski definition) is 5. The van der Waals surface area contributed by atoms with Crippen LogP contribution in [0.25, 0.3) is 0 Å². The van der Waals surface area contributed by atoms with E-state index in [0.717, 1.165) is 25.1 Å². The van der Waals surface area contributed by atoms with Crippen LogP contribution in [0, 0.1) is 0 Å². The standard InChI is InChI=1S/C15H22N4S/c16-14-17-11-15(19(14)10-13-4-2-8-20-13)5-7-18-6-1-3-12(18)9-15/h2,4,8,12H,1,3,5-7,9-11H2,(H2,16,17). The molecule has 4 heterocycles. The lowest BCUT2D eigenvalue weighted by molar-refractivity contribution is 0.0598. The van der Waals surface area contributed by atoms with Crippen molar-refractivity contribution in [2.45, 2.75) is 43.8 Å². The van der Waals surface area contributed by atoms with Gasteiger partial charge in [0.1, 0.15) is 0 Å². The van der Waals surface area contributed by atoms with E-state index in [0.29, 0.717) is 0 Å². The molecule has 2 atom stereocenters. The Bertz CT molecular complexity index is 512. The molecule has 2 fully saturated rings. The Morgan fingerprint density at radius 3 is 3.25 bits per heavy atom. The minimum Gasteiger partial charge on any atom is -0.370 e. The Labute approximate surface area is 124 Å². The summed E-state index contributed by atoms with van der Waals surface area (Å²) in [5, 5.41) is 2.14. The van der Waals surface area contributed by atoms with E-state index in [2.05, 4.69) is 32.3 Å². The first kappa shape index (κ1) is 12.7. The second-order valence-electron chi connectivity index (χ2n) is 6.35. The van der Waals surface area contributed by atoms with Crippen LogP contribution in [0.5, 0.6) is 0 Å². The molecule has 0 aliphatic carbocycles. The van der Waals surface area contributed by atoms with Crippen LogP contribution in [-0.4, -0.2) is 47.0 Å². The summed E-state index contributed by atoms with van der Waals surface area (Å²) >= 11 is 1.82. The van der Waals surface area contributed by atoms with Gasteiger partial charge in [-0.3, -0.25) is 4.99 Å². The highest BCUT2D eigenvalue weighted by Crippen LogP contribution is 2.40. The van der Waals surface area contributed by atoms with Gasteiger partial charge in [-0.25, -0.2) is 0 Å². The third-order valence-electron chi connectivity index (χ3n) is 5.26. The highest BCUT2D eigenvalue weighted by atomic mass is 32.1. The van der Waals surface area contributed by atoms with Crippen molar-refractivity contribution < 1.29 is 0 Å². The van der Waals surface area contributed by atoms with E-state index in [1.807, 2.05) is 11.3 Å². The van der Waals surface area contributed by atoms with Crippen molar-refractivity contribution >= 4 is 17.3 Å². The summed E-state index contributed by atoms with van der Waals surface area (Å²) in [7, 11) is 0. The fourth-order valence-corrected chi connectivity index (χ4v) is 4.84. The number of hydrogen-bond donors (Lipinski definition) is 1. The molecule has 4 rings (SSSR count). The zero-order valence-electron chi connectivity index (χ0n) is 11.8. The number of piperidine rings is 1. The minimum absolute atomic E-state index is 0.194. The lowest BCUT2D eigenvalue weighted by Gasteiger charge is -2.47. The van der Waals surface area contributed by atoms with Gasteiger partial charge < -0.3 is 15.5 Å². The van der Waals surface area contributed by atoms with Crippen LogP contribution in [0.1, 0.15) is 30.6 Å². The first-order chi connectivity index (χ1) is 9.77. The second-order valence-corrected chi connectivity index (χ2v) is 7.38. The highest BCUT2D eigenvalue weighted by Gasteiger charge is 2.48. The molecule has 2 unspecified atom stereocenters. The summed E-state index contributed by atoms with van der Waals surface area (Å²) in [4.78, 5) is 11.1. The number of fused-ring (bicyclic) bond motifs is 1. The molecule has 2 saturated heterocycles. The van der Waals surface area contributed by atoms with E-state index in [9.17, 15) is 0 Å². The lowest BCUT2D eigenvalue weighted by atomic mass is 9.82. The van der Waals surface area contributed by atoms with E-state index in [1.54, 1.807) is 0 Å². The normalized spacial score (nSPS) is 33.7. The maximum absolute atomic E-state index is 6.21. The Morgan fingerprint density at radius 1 is 1.45 bits per heavy atom. The Hall–Kier alpha value is -1.07. The number of nitrogens with zero attached hydrogens (tertiary/aromatic N) is 3. The zero-order chi connectivity index (χ0) is 13.6. The first-order valence-electron chi connectivity index (χ1n) is 7.61. The fraction of sp³-hybridized carbons (Fsp3) is 0.667. The molecule has 5 heteroatoms. The van der Waals surface area contributed by atoms with Crippen LogP contribution in [0.3, 0.4) is 0 Å². The molecule has 1 spiro atoms. The summed E-state index contributed by atoms with van der Waals surface area (Å²) in [6.45, 7) is 4.34. The fourth-order valence-electron chi connectivity index (χ4n) is 4.15. The molecule has 0 aromatic carbocycles. The molecule has 20 heavy (non-hydrogen) atoms. The van der Waals surface area contributed by atoms with Crippen LogP contribution in [-0.2, 0) is 6.54 Å². The molecule has 4 nitrogen and oxygen atoms in total. The number of aliphatic imine (C=N–C) groups is 1. The van der Waals surface area contributed by atoms with Gasteiger partial charge >= 0.3 is 0 Å². The molecule has 3 aliphatic heterocycles. The summed E-state index contributed by atoms with van der Waals surface area (Å²) in [6, 6.07) is 5.08. The van der Waals surface area contributed by atoms with Gasteiger partial charge in [0.25, 0.3) is 0 Å². The van der Waals surface area contributed by atoms with Gasteiger partial charge in [0, 0.05) is 17.5 Å². The van der Waals surface area contributed by atoms with Crippen molar-refractivity contribution in [3.63, 3.8) is 0 Å². The molecular weight excluding hydrogens is 268 g/mol.